The van der Waals surface area contributed by atoms with E-state index in [2.05, 4.69) is 15.6 Å². The Morgan fingerprint density at radius 3 is 2.04 bits per heavy atom. The van der Waals surface area contributed by atoms with E-state index in [0.29, 0.717) is 12.2 Å². The van der Waals surface area contributed by atoms with Crippen molar-refractivity contribution in [1.82, 2.24) is 20.5 Å². The molecule has 1 aliphatic rings. The molecule has 5 aromatic rings. The minimum absolute atomic E-state index is 0.152. The number of pyridine rings is 1. The summed E-state index contributed by atoms with van der Waals surface area (Å²) in [6.45, 7) is 3.62. The largest absolute Gasteiger partial charge is 0.447 e. The molecule has 9 heteroatoms. The van der Waals surface area contributed by atoms with E-state index in [4.69, 9.17) is 10.5 Å². The molecule has 0 radical (unpaired) electrons. The van der Waals surface area contributed by atoms with Gasteiger partial charge in [0.1, 0.15) is 12.4 Å². The number of likely N-dealkylation sites (tertiary alicyclic amines) is 1. The zero-order chi connectivity index (χ0) is 31.5. The standard InChI is InChI=1S/C36H35N5O4/c1-22(27-15-7-11-25-9-3-5-13-29(25)27)39-35(43)41-32(31(34(41)42)19-24-17-18-38-33(37)20-24)21-45-36(44)40-23(2)28-16-8-12-26-10-4-6-14-30(26)28/h3-18,20,22-23,31-32H,19,21H2,1-2H3,(H2,37,38)(H,39,43)(H,40,44)/t22-,23-,31-,32-/m1/s1. The van der Waals surface area contributed by atoms with Gasteiger partial charge in [-0.25, -0.2) is 14.6 Å². The lowest BCUT2D eigenvalue weighted by atomic mass is 9.83. The summed E-state index contributed by atoms with van der Waals surface area (Å²) in [5.74, 6) is -0.577. The minimum atomic E-state index is -0.662. The number of anilines is 1. The SMILES string of the molecule is C[C@@H](NC(=O)OC[C@@H]1[C@@H](Cc2ccnc(N)c2)C(=O)N1C(=O)N[C@H](C)c1cccc2ccccc12)c1cccc2ccccc12. The van der Waals surface area contributed by atoms with Gasteiger partial charge >= 0.3 is 12.1 Å². The minimum Gasteiger partial charge on any atom is -0.447 e. The van der Waals surface area contributed by atoms with Gasteiger partial charge in [0.05, 0.1) is 24.0 Å². The number of fused-ring (bicyclic) bond motifs is 2. The van der Waals surface area contributed by atoms with Gasteiger partial charge in [0, 0.05) is 6.20 Å². The zero-order valence-electron chi connectivity index (χ0n) is 25.1. The van der Waals surface area contributed by atoms with Crippen molar-refractivity contribution in [3.8, 4) is 0 Å². The van der Waals surface area contributed by atoms with Crippen molar-refractivity contribution in [2.45, 2.75) is 38.4 Å². The lowest BCUT2D eigenvalue weighted by molar-refractivity contribution is -0.152. The summed E-state index contributed by atoms with van der Waals surface area (Å²) in [6, 6.07) is 29.4. The van der Waals surface area contributed by atoms with E-state index in [1.165, 1.54) is 0 Å². The first-order valence-electron chi connectivity index (χ1n) is 15.0. The lowest BCUT2D eigenvalue weighted by Gasteiger charge is -2.45. The van der Waals surface area contributed by atoms with Gasteiger partial charge in [-0.1, -0.05) is 84.9 Å². The van der Waals surface area contributed by atoms with Gasteiger partial charge in [-0.2, -0.15) is 0 Å². The number of aromatic nitrogens is 1. The predicted octanol–water partition coefficient (Wildman–Crippen LogP) is 6.30. The van der Waals surface area contributed by atoms with Crippen molar-refractivity contribution < 1.29 is 19.1 Å². The molecule has 1 aliphatic heterocycles. The maximum atomic E-state index is 13.6. The topological polar surface area (TPSA) is 127 Å². The molecule has 0 bridgehead atoms. The van der Waals surface area contributed by atoms with Crippen molar-refractivity contribution in [3.05, 3.63) is 120 Å². The molecule has 45 heavy (non-hydrogen) atoms. The number of nitrogens with two attached hydrogens (primary N) is 1. The van der Waals surface area contributed by atoms with Crippen LogP contribution in [0.15, 0.2) is 103 Å². The number of hydrogen-bond donors (Lipinski definition) is 3. The van der Waals surface area contributed by atoms with Crippen LogP contribution in [0.5, 0.6) is 0 Å². The Hall–Kier alpha value is -5.44. The summed E-state index contributed by atoms with van der Waals surface area (Å²) in [4.78, 5) is 45.2. The summed E-state index contributed by atoms with van der Waals surface area (Å²) in [6.07, 6.45) is 1.28. The van der Waals surface area contributed by atoms with Crippen molar-refractivity contribution in [2.75, 3.05) is 12.3 Å². The monoisotopic (exact) mass is 601 g/mol. The van der Waals surface area contributed by atoms with Crippen LogP contribution in [-0.2, 0) is 16.0 Å². The van der Waals surface area contributed by atoms with Crippen LogP contribution in [0.4, 0.5) is 15.4 Å². The summed E-state index contributed by atoms with van der Waals surface area (Å²) in [5.41, 5.74) is 8.57. The molecule has 1 saturated heterocycles. The van der Waals surface area contributed by atoms with Crippen molar-refractivity contribution >= 4 is 45.4 Å². The predicted molar refractivity (Wildman–Crippen MR) is 174 cm³/mol. The zero-order valence-corrected chi connectivity index (χ0v) is 25.1. The molecule has 9 nitrogen and oxygen atoms in total. The van der Waals surface area contributed by atoms with E-state index in [1.807, 2.05) is 98.8 Å². The van der Waals surface area contributed by atoms with Gasteiger partial charge in [0.25, 0.3) is 0 Å². The highest BCUT2D eigenvalue weighted by Crippen LogP contribution is 2.32. The second kappa shape index (κ2) is 12.7. The summed E-state index contributed by atoms with van der Waals surface area (Å²) < 4.78 is 5.66. The third kappa shape index (κ3) is 6.15. The summed E-state index contributed by atoms with van der Waals surface area (Å²) >= 11 is 0. The fraction of sp³-hybridized carbons (Fsp3) is 0.222. The number of nitrogens with one attached hydrogen (secondary N) is 2. The molecule has 0 aliphatic carbocycles. The average Bonchev–Trinajstić information content (AvgIpc) is 3.04. The number of β-lactam (4-membered cyclic amide) rings is 1. The molecule has 0 saturated carbocycles. The van der Waals surface area contributed by atoms with E-state index >= 15 is 0 Å². The number of hydrogen-bond acceptors (Lipinski definition) is 6. The van der Waals surface area contributed by atoms with E-state index < -0.39 is 24.1 Å². The van der Waals surface area contributed by atoms with E-state index in [9.17, 15) is 14.4 Å². The van der Waals surface area contributed by atoms with Crippen LogP contribution in [0, 0.1) is 5.92 Å². The van der Waals surface area contributed by atoms with Crippen LogP contribution < -0.4 is 16.4 Å². The average molecular weight is 602 g/mol. The Bertz CT molecular complexity index is 1880. The molecular weight excluding hydrogens is 566 g/mol. The number of rotatable bonds is 8. The number of benzene rings is 4. The number of amides is 4. The second-order valence-corrected chi connectivity index (χ2v) is 11.4. The van der Waals surface area contributed by atoms with Gasteiger partial charge in [-0.3, -0.25) is 9.69 Å². The van der Waals surface area contributed by atoms with Crippen LogP contribution in [0.1, 0.15) is 42.6 Å². The van der Waals surface area contributed by atoms with Gasteiger partial charge < -0.3 is 21.1 Å². The molecule has 1 fully saturated rings. The number of ether oxygens (including phenoxy) is 1. The molecule has 0 unspecified atom stereocenters. The highest BCUT2D eigenvalue weighted by atomic mass is 16.5. The van der Waals surface area contributed by atoms with Crippen molar-refractivity contribution in [3.63, 3.8) is 0 Å². The first-order chi connectivity index (χ1) is 21.8. The molecular formula is C36H35N5O4. The number of carbonyl (C=O) groups is 3. The summed E-state index contributed by atoms with van der Waals surface area (Å²) in [7, 11) is 0. The Kier molecular flexibility index (Phi) is 8.33. The Balaban J connectivity index is 1.17. The molecule has 228 valence electrons. The van der Waals surface area contributed by atoms with Crippen LogP contribution >= 0.6 is 0 Å². The molecule has 2 heterocycles. The fourth-order valence-corrected chi connectivity index (χ4v) is 6.19. The van der Waals surface area contributed by atoms with Gasteiger partial charge in [-0.05, 0) is 70.6 Å². The lowest BCUT2D eigenvalue weighted by Crippen LogP contribution is -2.67. The van der Waals surface area contributed by atoms with Crippen LogP contribution in [0.3, 0.4) is 0 Å². The molecule has 0 spiro atoms. The van der Waals surface area contributed by atoms with Crippen molar-refractivity contribution in [1.29, 1.82) is 0 Å². The van der Waals surface area contributed by atoms with Gasteiger partial charge in [-0.15, -0.1) is 0 Å². The quantitative estimate of drug-likeness (QED) is 0.179. The molecule has 6 rings (SSSR count). The number of nitrogens with zero attached hydrogens (tertiary/aromatic N) is 2. The smallest absolute Gasteiger partial charge is 0.407 e. The van der Waals surface area contributed by atoms with Gasteiger partial charge in [0.2, 0.25) is 5.91 Å². The Labute approximate surface area is 261 Å². The van der Waals surface area contributed by atoms with Crippen molar-refractivity contribution in [2.24, 2.45) is 5.92 Å². The van der Waals surface area contributed by atoms with E-state index in [-0.39, 0.29) is 24.6 Å². The number of carbonyl (C=O) groups excluding carboxylic acids is 3. The van der Waals surface area contributed by atoms with Crippen LogP contribution in [0.2, 0.25) is 0 Å². The number of imide groups is 1. The van der Waals surface area contributed by atoms with Crippen LogP contribution in [0.25, 0.3) is 21.5 Å². The third-order valence-corrected chi connectivity index (χ3v) is 8.51. The number of alkyl carbamates (subject to hydrolysis) is 1. The van der Waals surface area contributed by atoms with E-state index in [0.717, 1.165) is 43.1 Å². The molecule has 1 aromatic heterocycles. The number of nitrogen functional groups attached to an aromatic ring is 1. The van der Waals surface area contributed by atoms with E-state index in [1.54, 1.807) is 18.3 Å². The summed E-state index contributed by atoms with van der Waals surface area (Å²) in [5, 5.41) is 10.1. The highest BCUT2D eigenvalue weighted by Gasteiger charge is 2.51. The number of urea groups is 1. The fourth-order valence-electron chi connectivity index (χ4n) is 6.19. The van der Waals surface area contributed by atoms with Crippen LogP contribution in [-0.4, -0.2) is 40.6 Å². The maximum absolute atomic E-state index is 13.6. The Morgan fingerprint density at radius 2 is 1.42 bits per heavy atom. The van der Waals surface area contributed by atoms with Gasteiger partial charge in [0.15, 0.2) is 0 Å². The second-order valence-electron chi connectivity index (χ2n) is 11.4. The third-order valence-electron chi connectivity index (χ3n) is 8.51. The Morgan fingerprint density at radius 1 is 0.844 bits per heavy atom. The first kappa shape index (κ1) is 29.6. The first-order valence-corrected chi connectivity index (χ1v) is 15.0. The molecule has 4 aromatic carbocycles. The molecule has 4 N–H and O–H groups in total. The maximum Gasteiger partial charge on any atom is 0.407 e. The highest BCUT2D eigenvalue weighted by molar-refractivity contribution is 6.02. The molecule has 4 atom stereocenters. The molecule has 4 amide bonds. The normalized spacial score (nSPS) is 17.4.